The van der Waals surface area contributed by atoms with Crippen LogP contribution in [0.15, 0.2) is 60.7 Å². The van der Waals surface area contributed by atoms with E-state index in [1.807, 2.05) is 50.2 Å². The number of hydrogen-bond donors (Lipinski definition) is 0. The highest BCUT2D eigenvalue weighted by atomic mass is 16.6. The van der Waals surface area contributed by atoms with Crippen molar-refractivity contribution in [3.05, 3.63) is 60.7 Å². The van der Waals surface area contributed by atoms with E-state index in [2.05, 4.69) is 13.2 Å². The van der Waals surface area contributed by atoms with E-state index in [0.29, 0.717) is 35.5 Å². The second kappa shape index (κ2) is 11.9. The summed E-state index contributed by atoms with van der Waals surface area (Å²) in [7, 11) is 0. The molecule has 0 heterocycles. The molecule has 6 heteroatoms. The van der Waals surface area contributed by atoms with Crippen LogP contribution in [0.25, 0.3) is 10.8 Å². The molecule has 2 aromatic rings. The molecule has 0 N–H and O–H groups in total. The molecule has 0 aliphatic heterocycles. The second-order valence-corrected chi connectivity index (χ2v) is 7.67. The van der Waals surface area contributed by atoms with Gasteiger partial charge in [-0.15, -0.1) is 0 Å². The first-order chi connectivity index (χ1) is 15.3. The minimum Gasteiger partial charge on any atom is -0.486 e. The minimum atomic E-state index is -0.444. The van der Waals surface area contributed by atoms with Crippen LogP contribution in [0.3, 0.4) is 0 Å². The molecule has 0 amide bonds. The zero-order chi connectivity index (χ0) is 23.7. The summed E-state index contributed by atoms with van der Waals surface area (Å²) >= 11 is 0. The molecule has 32 heavy (non-hydrogen) atoms. The predicted octanol–water partition coefficient (Wildman–Crippen LogP) is 5.39. The van der Waals surface area contributed by atoms with Gasteiger partial charge >= 0.3 is 11.9 Å². The average Bonchev–Trinajstić information content (AvgIpc) is 2.78. The van der Waals surface area contributed by atoms with E-state index in [-0.39, 0.29) is 13.2 Å². The third-order valence-electron chi connectivity index (χ3n) is 4.84. The Morgan fingerprint density at radius 1 is 0.812 bits per heavy atom. The first kappa shape index (κ1) is 25.0. The molecule has 0 radical (unpaired) electrons. The Kier molecular flexibility index (Phi) is 9.32. The van der Waals surface area contributed by atoms with Crippen molar-refractivity contribution >= 4 is 22.7 Å². The molecule has 0 bridgehead atoms. The van der Waals surface area contributed by atoms with Gasteiger partial charge in [0, 0.05) is 16.5 Å². The Hall–Kier alpha value is -3.28. The monoisotopic (exact) mass is 440 g/mol. The van der Waals surface area contributed by atoms with Crippen LogP contribution >= 0.6 is 0 Å². The van der Waals surface area contributed by atoms with Gasteiger partial charge in [0.2, 0.25) is 0 Å². The third kappa shape index (κ3) is 6.87. The summed E-state index contributed by atoms with van der Waals surface area (Å²) < 4.78 is 23.0. The standard InChI is InChI=1S/C26H32O6/c1-7-20(31-25(27)17(3)4)15-29-23-14-13-19-11-9-10-12-22(19)24(23)30-16-21(8-2)32-26(28)18(5)6/h9-14,20-21H,3,5,7-8,15-16H2,1-2,4,6H3. The number of esters is 2. The van der Waals surface area contributed by atoms with Gasteiger partial charge in [-0.3, -0.25) is 0 Å². The van der Waals surface area contributed by atoms with Crippen molar-refractivity contribution in [2.24, 2.45) is 0 Å². The summed E-state index contributed by atoms with van der Waals surface area (Å²) in [4.78, 5) is 23.8. The largest absolute Gasteiger partial charge is 0.486 e. The first-order valence-electron chi connectivity index (χ1n) is 10.8. The number of benzene rings is 2. The van der Waals surface area contributed by atoms with E-state index in [1.54, 1.807) is 13.8 Å². The van der Waals surface area contributed by atoms with Crippen molar-refractivity contribution in [2.45, 2.75) is 52.7 Å². The molecule has 2 atom stereocenters. The fourth-order valence-corrected chi connectivity index (χ4v) is 2.82. The molecule has 0 saturated carbocycles. The SMILES string of the molecule is C=C(C)C(=O)OC(CC)COc1ccc2ccccc2c1OCC(CC)OC(=O)C(=C)C. The molecule has 2 unspecified atom stereocenters. The van der Waals surface area contributed by atoms with Crippen LogP contribution in [-0.4, -0.2) is 37.4 Å². The highest BCUT2D eigenvalue weighted by Gasteiger charge is 2.19. The lowest BCUT2D eigenvalue weighted by molar-refractivity contribution is -0.147. The lowest BCUT2D eigenvalue weighted by Gasteiger charge is -2.21. The van der Waals surface area contributed by atoms with Crippen molar-refractivity contribution in [1.29, 1.82) is 0 Å². The van der Waals surface area contributed by atoms with E-state index in [1.165, 1.54) is 0 Å². The quantitative estimate of drug-likeness (QED) is 0.325. The zero-order valence-electron chi connectivity index (χ0n) is 19.3. The van der Waals surface area contributed by atoms with Crippen LogP contribution < -0.4 is 9.47 Å². The van der Waals surface area contributed by atoms with E-state index in [9.17, 15) is 9.59 Å². The van der Waals surface area contributed by atoms with Gasteiger partial charge in [-0.05, 0) is 38.1 Å². The van der Waals surface area contributed by atoms with Gasteiger partial charge in [0.25, 0.3) is 0 Å². The molecule has 2 aromatic carbocycles. The number of fused-ring (bicyclic) bond motifs is 1. The molecule has 0 aliphatic rings. The number of carbonyl (C=O) groups is 2. The van der Waals surface area contributed by atoms with Crippen molar-refractivity contribution in [2.75, 3.05) is 13.2 Å². The zero-order valence-corrected chi connectivity index (χ0v) is 19.3. The Labute approximate surface area is 189 Å². The van der Waals surface area contributed by atoms with Crippen LogP contribution in [0, 0.1) is 0 Å². The fraction of sp³-hybridized carbons (Fsp3) is 0.385. The van der Waals surface area contributed by atoms with E-state index >= 15 is 0 Å². The number of ether oxygens (including phenoxy) is 4. The van der Waals surface area contributed by atoms with Crippen molar-refractivity contribution in [3.63, 3.8) is 0 Å². The molecule has 0 spiro atoms. The molecule has 0 aromatic heterocycles. The smallest absolute Gasteiger partial charge is 0.333 e. The normalized spacial score (nSPS) is 12.5. The van der Waals surface area contributed by atoms with Crippen molar-refractivity contribution < 1.29 is 28.5 Å². The summed E-state index contributed by atoms with van der Waals surface area (Å²) in [5.74, 6) is 0.184. The van der Waals surface area contributed by atoms with Crippen molar-refractivity contribution in [1.82, 2.24) is 0 Å². The molecule has 172 valence electrons. The van der Waals surface area contributed by atoms with Gasteiger partial charge in [0.15, 0.2) is 11.5 Å². The lowest BCUT2D eigenvalue weighted by atomic mass is 10.1. The summed E-state index contributed by atoms with van der Waals surface area (Å²) in [5, 5.41) is 1.86. The van der Waals surface area contributed by atoms with Crippen LogP contribution in [0.1, 0.15) is 40.5 Å². The third-order valence-corrected chi connectivity index (χ3v) is 4.84. The summed E-state index contributed by atoms with van der Waals surface area (Å²) in [6.45, 7) is 14.6. The molecular formula is C26H32O6. The fourth-order valence-electron chi connectivity index (χ4n) is 2.82. The summed E-state index contributed by atoms with van der Waals surface area (Å²) in [6.07, 6.45) is 0.344. The maximum atomic E-state index is 11.9. The Morgan fingerprint density at radius 2 is 1.34 bits per heavy atom. The maximum absolute atomic E-state index is 11.9. The van der Waals surface area contributed by atoms with Gasteiger partial charge in [0.1, 0.15) is 25.4 Å². The maximum Gasteiger partial charge on any atom is 0.333 e. The van der Waals surface area contributed by atoms with Crippen LogP contribution in [-0.2, 0) is 19.1 Å². The molecule has 0 fully saturated rings. The molecule has 2 rings (SSSR count). The molecular weight excluding hydrogens is 408 g/mol. The van der Waals surface area contributed by atoms with Crippen LogP contribution in [0.2, 0.25) is 0 Å². The Morgan fingerprint density at radius 3 is 1.88 bits per heavy atom. The van der Waals surface area contributed by atoms with Gasteiger partial charge in [-0.25, -0.2) is 9.59 Å². The highest BCUT2D eigenvalue weighted by molar-refractivity contribution is 5.91. The lowest BCUT2D eigenvalue weighted by Crippen LogP contribution is -2.26. The van der Waals surface area contributed by atoms with Gasteiger partial charge in [-0.2, -0.15) is 0 Å². The van der Waals surface area contributed by atoms with E-state index in [0.717, 1.165) is 10.8 Å². The summed E-state index contributed by atoms with van der Waals surface area (Å²) in [5.41, 5.74) is 0.681. The van der Waals surface area contributed by atoms with Crippen LogP contribution in [0.4, 0.5) is 0 Å². The van der Waals surface area contributed by atoms with Crippen molar-refractivity contribution in [3.8, 4) is 11.5 Å². The van der Waals surface area contributed by atoms with Crippen LogP contribution in [0.5, 0.6) is 11.5 Å². The number of carbonyl (C=O) groups excluding carboxylic acids is 2. The van der Waals surface area contributed by atoms with E-state index in [4.69, 9.17) is 18.9 Å². The topological polar surface area (TPSA) is 71.1 Å². The second-order valence-electron chi connectivity index (χ2n) is 7.67. The minimum absolute atomic E-state index is 0.168. The number of hydrogen-bond acceptors (Lipinski definition) is 6. The highest BCUT2D eigenvalue weighted by Crippen LogP contribution is 2.36. The van der Waals surface area contributed by atoms with Gasteiger partial charge in [0.05, 0.1) is 0 Å². The van der Waals surface area contributed by atoms with Gasteiger partial charge in [-0.1, -0.05) is 57.3 Å². The average molecular weight is 441 g/mol. The Bertz CT molecular complexity index is 977. The predicted molar refractivity (Wildman–Crippen MR) is 125 cm³/mol. The van der Waals surface area contributed by atoms with Gasteiger partial charge < -0.3 is 18.9 Å². The molecule has 0 aliphatic carbocycles. The number of rotatable bonds is 12. The first-order valence-corrected chi connectivity index (χ1v) is 10.8. The molecule has 6 nitrogen and oxygen atoms in total. The Balaban J connectivity index is 2.21. The molecule has 0 saturated heterocycles. The summed E-state index contributed by atoms with van der Waals surface area (Å²) in [6, 6.07) is 11.6. The van der Waals surface area contributed by atoms with E-state index < -0.39 is 24.1 Å².